The summed E-state index contributed by atoms with van der Waals surface area (Å²) in [4.78, 5) is 25.3. The van der Waals surface area contributed by atoms with Crippen molar-refractivity contribution in [3.63, 3.8) is 0 Å². The van der Waals surface area contributed by atoms with Crippen molar-refractivity contribution in [3.8, 4) is 17.0 Å². The van der Waals surface area contributed by atoms with Gasteiger partial charge in [-0.05, 0) is 67.6 Å². The van der Waals surface area contributed by atoms with Gasteiger partial charge in [0.1, 0.15) is 11.4 Å². The van der Waals surface area contributed by atoms with Crippen LogP contribution in [0, 0.1) is 5.92 Å². The van der Waals surface area contributed by atoms with Crippen molar-refractivity contribution in [2.75, 3.05) is 38.2 Å². The molecule has 0 spiro atoms. The number of benzene rings is 1. The Bertz CT molecular complexity index is 1080. The minimum Gasteiger partial charge on any atom is -0.497 e. The standard InChI is InChI=1S/C25H30N4O3/c1-32-20-8-4-17(5-9-20)22-16-21-23(10-11-26-24(21)27-22)28-12-14-29(15-13-28)25(31)18-2-6-19(30)7-3-18/h4-5,8-11,16,18-19,30H,2-3,6-7,12-15H2,1H3,(H,26,27)/t18-,19-. The average molecular weight is 435 g/mol. The van der Waals surface area contributed by atoms with Crippen molar-refractivity contribution < 1.29 is 14.6 Å². The number of pyridine rings is 1. The minimum atomic E-state index is -0.228. The van der Waals surface area contributed by atoms with E-state index in [1.807, 2.05) is 35.4 Å². The lowest BCUT2D eigenvalue weighted by Gasteiger charge is -2.38. The van der Waals surface area contributed by atoms with Gasteiger partial charge >= 0.3 is 0 Å². The summed E-state index contributed by atoms with van der Waals surface area (Å²) >= 11 is 0. The number of hydrogen-bond donors (Lipinski definition) is 2. The van der Waals surface area contributed by atoms with E-state index in [1.165, 1.54) is 0 Å². The molecule has 1 amide bonds. The number of aliphatic hydroxyl groups excluding tert-OH is 1. The number of carbonyl (C=O) groups is 1. The van der Waals surface area contributed by atoms with Crippen LogP contribution in [-0.2, 0) is 4.79 Å². The molecule has 1 aliphatic carbocycles. The third kappa shape index (κ3) is 4.05. The van der Waals surface area contributed by atoms with Gasteiger partial charge in [-0.15, -0.1) is 0 Å². The number of anilines is 1. The number of carbonyl (C=O) groups excluding carboxylic acids is 1. The number of aliphatic hydroxyl groups is 1. The minimum absolute atomic E-state index is 0.0781. The van der Waals surface area contributed by atoms with Gasteiger partial charge in [0.05, 0.1) is 13.2 Å². The van der Waals surface area contributed by atoms with Gasteiger partial charge in [0.2, 0.25) is 5.91 Å². The van der Waals surface area contributed by atoms with Gasteiger partial charge in [-0.1, -0.05) is 0 Å². The predicted molar refractivity (Wildman–Crippen MR) is 125 cm³/mol. The van der Waals surface area contributed by atoms with Crippen LogP contribution in [0.1, 0.15) is 25.7 Å². The molecule has 2 aliphatic rings. The Kier molecular flexibility index (Phi) is 5.74. The Hall–Kier alpha value is -3.06. The van der Waals surface area contributed by atoms with E-state index in [4.69, 9.17) is 4.74 Å². The van der Waals surface area contributed by atoms with Crippen LogP contribution in [0.15, 0.2) is 42.6 Å². The molecular weight excluding hydrogens is 404 g/mol. The van der Waals surface area contributed by atoms with Gasteiger partial charge < -0.3 is 24.6 Å². The molecule has 7 heteroatoms. The van der Waals surface area contributed by atoms with Crippen molar-refractivity contribution in [1.29, 1.82) is 0 Å². The van der Waals surface area contributed by atoms with Gasteiger partial charge in [0.15, 0.2) is 0 Å². The molecule has 0 unspecified atom stereocenters. The van der Waals surface area contributed by atoms with E-state index in [2.05, 4.69) is 27.0 Å². The zero-order valence-electron chi connectivity index (χ0n) is 18.5. The molecule has 3 heterocycles. The van der Waals surface area contributed by atoms with Crippen LogP contribution >= 0.6 is 0 Å². The lowest BCUT2D eigenvalue weighted by atomic mass is 9.86. The molecular formula is C25H30N4O3. The topological polar surface area (TPSA) is 81.7 Å². The largest absolute Gasteiger partial charge is 0.497 e. The number of piperazine rings is 1. The van der Waals surface area contributed by atoms with E-state index in [0.717, 1.165) is 85.6 Å². The van der Waals surface area contributed by atoms with Crippen LogP contribution in [-0.4, -0.2) is 65.3 Å². The average Bonchev–Trinajstić information content (AvgIpc) is 3.29. The maximum atomic E-state index is 12.9. The number of hydrogen-bond acceptors (Lipinski definition) is 5. The van der Waals surface area contributed by atoms with E-state index in [1.54, 1.807) is 7.11 Å². The first-order valence-electron chi connectivity index (χ1n) is 11.5. The third-order valence-electron chi connectivity index (χ3n) is 6.89. The summed E-state index contributed by atoms with van der Waals surface area (Å²) in [6.45, 7) is 3.08. The first-order chi connectivity index (χ1) is 15.6. The Morgan fingerprint density at radius 1 is 1.06 bits per heavy atom. The van der Waals surface area contributed by atoms with E-state index in [-0.39, 0.29) is 17.9 Å². The Balaban J connectivity index is 1.30. The summed E-state index contributed by atoms with van der Waals surface area (Å²) in [6, 6.07) is 12.2. The zero-order chi connectivity index (χ0) is 22.1. The fraction of sp³-hybridized carbons (Fsp3) is 0.440. The van der Waals surface area contributed by atoms with Crippen LogP contribution in [0.5, 0.6) is 5.75 Å². The number of aromatic nitrogens is 2. The van der Waals surface area contributed by atoms with Crippen LogP contribution < -0.4 is 9.64 Å². The quantitative estimate of drug-likeness (QED) is 0.657. The number of nitrogens with one attached hydrogen (secondary N) is 1. The van der Waals surface area contributed by atoms with E-state index >= 15 is 0 Å². The SMILES string of the molecule is COc1ccc(-c2cc3c(N4CCN(C(=O)[C@H]5CC[C@H](O)CC5)CC4)ccnc3[nH]2)cc1. The summed E-state index contributed by atoms with van der Waals surface area (Å²) in [5, 5.41) is 10.8. The number of rotatable bonds is 4. The first-order valence-corrected chi connectivity index (χ1v) is 11.5. The molecule has 1 aromatic carbocycles. The molecule has 1 saturated heterocycles. The number of aromatic amines is 1. The molecule has 0 radical (unpaired) electrons. The fourth-order valence-corrected chi connectivity index (χ4v) is 4.96. The zero-order valence-corrected chi connectivity index (χ0v) is 18.5. The monoisotopic (exact) mass is 434 g/mol. The molecule has 7 nitrogen and oxygen atoms in total. The highest BCUT2D eigenvalue weighted by Crippen LogP contribution is 2.32. The molecule has 168 valence electrons. The van der Waals surface area contributed by atoms with E-state index in [9.17, 15) is 9.90 Å². The van der Waals surface area contributed by atoms with Gasteiger partial charge in [0.25, 0.3) is 0 Å². The van der Waals surface area contributed by atoms with Gasteiger partial charge in [-0.3, -0.25) is 4.79 Å². The van der Waals surface area contributed by atoms with Crippen LogP contribution in [0.3, 0.4) is 0 Å². The maximum absolute atomic E-state index is 12.9. The normalized spacial score (nSPS) is 21.7. The highest BCUT2D eigenvalue weighted by Gasteiger charge is 2.31. The Morgan fingerprint density at radius 2 is 1.78 bits per heavy atom. The highest BCUT2D eigenvalue weighted by atomic mass is 16.5. The number of fused-ring (bicyclic) bond motifs is 1. The number of amides is 1. The molecule has 3 aromatic rings. The van der Waals surface area contributed by atoms with Crippen molar-refractivity contribution in [2.45, 2.75) is 31.8 Å². The van der Waals surface area contributed by atoms with E-state index in [0.29, 0.717) is 0 Å². The lowest BCUT2D eigenvalue weighted by Crippen LogP contribution is -2.51. The Labute approximate surface area is 188 Å². The molecule has 1 aliphatic heterocycles. The van der Waals surface area contributed by atoms with Crippen molar-refractivity contribution in [1.82, 2.24) is 14.9 Å². The number of nitrogens with zero attached hydrogens (tertiary/aromatic N) is 3. The Morgan fingerprint density at radius 3 is 2.47 bits per heavy atom. The predicted octanol–water partition coefficient (Wildman–Crippen LogP) is 3.44. The maximum Gasteiger partial charge on any atom is 0.225 e. The van der Waals surface area contributed by atoms with Crippen LogP contribution in [0.2, 0.25) is 0 Å². The second kappa shape index (κ2) is 8.82. The molecule has 0 atom stereocenters. The van der Waals surface area contributed by atoms with Crippen LogP contribution in [0.25, 0.3) is 22.3 Å². The molecule has 1 saturated carbocycles. The number of methoxy groups -OCH3 is 1. The molecule has 32 heavy (non-hydrogen) atoms. The second-order valence-corrected chi connectivity index (χ2v) is 8.82. The molecule has 0 bridgehead atoms. The number of ether oxygens (including phenoxy) is 1. The molecule has 5 rings (SSSR count). The van der Waals surface area contributed by atoms with Gasteiger partial charge in [-0.25, -0.2) is 4.98 Å². The summed E-state index contributed by atoms with van der Waals surface area (Å²) in [5.41, 5.74) is 4.13. The molecule has 2 aromatic heterocycles. The number of H-pyrrole nitrogens is 1. The molecule has 2 N–H and O–H groups in total. The highest BCUT2D eigenvalue weighted by molar-refractivity contribution is 5.94. The summed E-state index contributed by atoms with van der Waals surface area (Å²) < 4.78 is 5.26. The summed E-state index contributed by atoms with van der Waals surface area (Å²) in [7, 11) is 1.67. The van der Waals surface area contributed by atoms with Crippen molar-refractivity contribution in [2.24, 2.45) is 5.92 Å². The third-order valence-corrected chi connectivity index (χ3v) is 6.89. The van der Waals surface area contributed by atoms with E-state index < -0.39 is 0 Å². The van der Waals surface area contributed by atoms with Crippen molar-refractivity contribution >= 4 is 22.6 Å². The fourth-order valence-electron chi connectivity index (χ4n) is 4.96. The first kappa shape index (κ1) is 20.8. The van der Waals surface area contributed by atoms with Crippen molar-refractivity contribution in [3.05, 3.63) is 42.6 Å². The smallest absolute Gasteiger partial charge is 0.225 e. The van der Waals surface area contributed by atoms with Gasteiger partial charge in [-0.2, -0.15) is 0 Å². The molecule has 2 fully saturated rings. The lowest BCUT2D eigenvalue weighted by molar-refractivity contribution is -0.137. The summed E-state index contributed by atoms with van der Waals surface area (Å²) in [5.74, 6) is 1.18. The second-order valence-electron chi connectivity index (χ2n) is 8.82. The summed E-state index contributed by atoms with van der Waals surface area (Å²) in [6.07, 6.45) is 4.72. The van der Waals surface area contributed by atoms with Crippen LogP contribution in [0.4, 0.5) is 5.69 Å². The van der Waals surface area contributed by atoms with Gasteiger partial charge in [0, 0.05) is 55.1 Å².